The van der Waals surface area contributed by atoms with Crippen molar-refractivity contribution in [3.05, 3.63) is 64.7 Å². The molecular formula is C15H11ClO3. The van der Waals surface area contributed by atoms with Gasteiger partial charge in [0.05, 0.1) is 0 Å². The van der Waals surface area contributed by atoms with Crippen molar-refractivity contribution in [1.29, 1.82) is 0 Å². The second kappa shape index (κ2) is 4.68. The molecule has 2 atom stereocenters. The summed E-state index contributed by atoms with van der Waals surface area (Å²) in [5.74, 6) is 0.0717. The van der Waals surface area contributed by atoms with Crippen molar-refractivity contribution in [2.24, 2.45) is 0 Å². The van der Waals surface area contributed by atoms with Crippen LogP contribution in [0.15, 0.2) is 48.5 Å². The van der Waals surface area contributed by atoms with E-state index in [4.69, 9.17) is 16.3 Å². The van der Waals surface area contributed by atoms with E-state index in [1.54, 1.807) is 24.3 Å². The molecule has 1 aliphatic rings. The molecule has 4 heteroatoms. The summed E-state index contributed by atoms with van der Waals surface area (Å²) in [5.41, 5.74) is 1.49. The Labute approximate surface area is 115 Å². The number of Topliss-reactive ketones (excluding diaryl/α,β-unsaturated/α-hetero) is 1. The number of hydrogen-bond acceptors (Lipinski definition) is 3. The van der Waals surface area contributed by atoms with Gasteiger partial charge in [-0.25, -0.2) is 0 Å². The van der Waals surface area contributed by atoms with Crippen molar-refractivity contribution in [1.82, 2.24) is 0 Å². The van der Waals surface area contributed by atoms with Gasteiger partial charge in [-0.3, -0.25) is 4.79 Å². The molecule has 1 N–H and O–H groups in total. The Bertz CT molecular complexity index is 604. The van der Waals surface area contributed by atoms with E-state index in [1.165, 1.54) is 12.1 Å². The average Bonchev–Trinajstić information content (AvgIpc) is 3.20. The van der Waals surface area contributed by atoms with Crippen molar-refractivity contribution in [3.8, 4) is 5.75 Å². The van der Waals surface area contributed by atoms with Crippen molar-refractivity contribution < 1.29 is 14.6 Å². The Hall–Kier alpha value is -1.84. The minimum absolute atomic E-state index is 0.0695. The lowest BCUT2D eigenvalue weighted by Crippen LogP contribution is -2.07. The molecule has 2 aromatic carbocycles. The minimum atomic E-state index is -0.439. The number of hydrogen-bond donors (Lipinski definition) is 1. The zero-order valence-corrected chi connectivity index (χ0v) is 10.7. The number of rotatable bonds is 3. The Kier molecular flexibility index (Phi) is 3.01. The highest BCUT2D eigenvalue weighted by molar-refractivity contribution is 6.30. The van der Waals surface area contributed by atoms with Crippen LogP contribution in [0.5, 0.6) is 5.75 Å². The van der Waals surface area contributed by atoms with E-state index in [2.05, 4.69) is 0 Å². The number of carbonyl (C=O) groups excluding carboxylic acids is 1. The lowest BCUT2D eigenvalue weighted by Gasteiger charge is -1.98. The molecule has 2 aromatic rings. The van der Waals surface area contributed by atoms with E-state index in [0.29, 0.717) is 10.6 Å². The number of benzene rings is 2. The van der Waals surface area contributed by atoms with Gasteiger partial charge in [-0.15, -0.1) is 0 Å². The van der Waals surface area contributed by atoms with E-state index >= 15 is 0 Å². The number of phenolic OH excluding ortho intramolecular Hbond substituents is 1. The molecule has 1 saturated heterocycles. The summed E-state index contributed by atoms with van der Waals surface area (Å²) in [6.45, 7) is 0. The molecule has 0 bridgehead atoms. The summed E-state index contributed by atoms with van der Waals surface area (Å²) in [5, 5.41) is 9.85. The smallest absolute Gasteiger partial charge is 0.194 e. The summed E-state index contributed by atoms with van der Waals surface area (Å²) in [4.78, 5) is 12.1. The molecule has 0 radical (unpaired) electrons. The van der Waals surface area contributed by atoms with Crippen LogP contribution in [-0.2, 0) is 4.74 Å². The second-order valence-corrected chi connectivity index (χ2v) is 4.88. The predicted molar refractivity (Wildman–Crippen MR) is 71.5 cm³/mol. The van der Waals surface area contributed by atoms with Gasteiger partial charge in [0.2, 0.25) is 0 Å². The van der Waals surface area contributed by atoms with Crippen molar-refractivity contribution >= 4 is 17.4 Å². The van der Waals surface area contributed by atoms with Crippen LogP contribution >= 0.6 is 11.6 Å². The standard InChI is InChI=1S/C15H11ClO3/c16-11-5-1-10(2-6-11)14-15(19-14)13(18)9-3-7-12(17)8-4-9/h1-8,14-15,17H. The first kappa shape index (κ1) is 12.2. The fraction of sp³-hybridized carbons (Fsp3) is 0.133. The molecular weight excluding hydrogens is 264 g/mol. The summed E-state index contributed by atoms with van der Waals surface area (Å²) in [6.07, 6.45) is -0.635. The van der Waals surface area contributed by atoms with Crippen LogP contribution in [0.2, 0.25) is 5.02 Å². The van der Waals surface area contributed by atoms with E-state index in [-0.39, 0.29) is 17.6 Å². The lowest BCUT2D eigenvalue weighted by molar-refractivity contribution is 0.0953. The van der Waals surface area contributed by atoms with Gasteiger partial charge < -0.3 is 9.84 Å². The maximum atomic E-state index is 12.1. The van der Waals surface area contributed by atoms with E-state index in [9.17, 15) is 9.90 Å². The van der Waals surface area contributed by atoms with Gasteiger partial charge in [0, 0.05) is 10.6 Å². The highest BCUT2D eigenvalue weighted by Crippen LogP contribution is 2.40. The first-order valence-electron chi connectivity index (χ1n) is 5.89. The Morgan fingerprint density at radius 1 is 1.05 bits per heavy atom. The van der Waals surface area contributed by atoms with Crippen molar-refractivity contribution in [2.45, 2.75) is 12.2 Å². The zero-order valence-electron chi connectivity index (χ0n) is 9.92. The normalized spacial score (nSPS) is 21.1. The van der Waals surface area contributed by atoms with E-state index in [0.717, 1.165) is 5.56 Å². The Morgan fingerprint density at radius 2 is 1.68 bits per heavy atom. The van der Waals surface area contributed by atoms with Gasteiger partial charge in [-0.05, 0) is 42.0 Å². The number of epoxide rings is 1. The topological polar surface area (TPSA) is 49.8 Å². The first-order valence-corrected chi connectivity index (χ1v) is 6.27. The number of aromatic hydroxyl groups is 1. The third kappa shape index (κ3) is 2.48. The quantitative estimate of drug-likeness (QED) is 0.690. The van der Waals surface area contributed by atoms with Crippen LogP contribution in [0.3, 0.4) is 0 Å². The van der Waals surface area contributed by atoms with Crippen LogP contribution in [-0.4, -0.2) is 17.0 Å². The largest absolute Gasteiger partial charge is 0.508 e. The molecule has 0 aliphatic carbocycles. The summed E-state index contributed by atoms with van der Waals surface area (Å²) in [6, 6.07) is 13.5. The molecule has 96 valence electrons. The molecule has 0 spiro atoms. The number of ether oxygens (including phenoxy) is 1. The molecule has 1 aliphatic heterocycles. The molecule has 3 nitrogen and oxygen atoms in total. The minimum Gasteiger partial charge on any atom is -0.508 e. The maximum absolute atomic E-state index is 12.1. The predicted octanol–water partition coefficient (Wildman–Crippen LogP) is 3.37. The van der Waals surface area contributed by atoms with E-state index in [1.807, 2.05) is 12.1 Å². The lowest BCUT2D eigenvalue weighted by atomic mass is 10.0. The molecule has 1 fully saturated rings. The Balaban J connectivity index is 1.74. The average molecular weight is 275 g/mol. The third-order valence-electron chi connectivity index (χ3n) is 3.10. The van der Waals surface area contributed by atoms with E-state index < -0.39 is 6.10 Å². The monoisotopic (exact) mass is 274 g/mol. The number of phenols is 1. The van der Waals surface area contributed by atoms with Crippen LogP contribution < -0.4 is 0 Å². The molecule has 0 amide bonds. The fourth-order valence-corrected chi connectivity index (χ4v) is 2.13. The van der Waals surface area contributed by atoms with Gasteiger partial charge in [0.25, 0.3) is 0 Å². The summed E-state index contributed by atoms with van der Waals surface area (Å²) < 4.78 is 5.43. The second-order valence-electron chi connectivity index (χ2n) is 4.44. The molecule has 2 unspecified atom stereocenters. The molecule has 0 saturated carbocycles. The van der Waals surface area contributed by atoms with Crippen LogP contribution in [0.25, 0.3) is 0 Å². The highest BCUT2D eigenvalue weighted by atomic mass is 35.5. The van der Waals surface area contributed by atoms with Gasteiger partial charge in [0.1, 0.15) is 11.9 Å². The van der Waals surface area contributed by atoms with Crippen molar-refractivity contribution in [3.63, 3.8) is 0 Å². The van der Waals surface area contributed by atoms with Gasteiger partial charge in [-0.2, -0.15) is 0 Å². The zero-order chi connectivity index (χ0) is 13.4. The summed E-state index contributed by atoms with van der Waals surface area (Å²) in [7, 11) is 0. The van der Waals surface area contributed by atoms with Crippen LogP contribution in [0.4, 0.5) is 0 Å². The molecule has 0 aromatic heterocycles. The van der Waals surface area contributed by atoms with Crippen molar-refractivity contribution in [2.75, 3.05) is 0 Å². The van der Waals surface area contributed by atoms with Gasteiger partial charge >= 0.3 is 0 Å². The van der Waals surface area contributed by atoms with Crippen LogP contribution in [0.1, 0.15) is 22.0 Å². The number of carbonyl (C=O) groups is 1. The number of ketones is 1. The van der Waals surface area contributed by atoms with Crippen LogP contribution in [0, 0.1) is 0 Å². The maximum Gasteiger partial charge on any atom is 0.194 e. The third-order valence-corrected chi connectivity index (χ3v) is 3.35. The van der Waals surface area contributed by atoms with Gasteiger partial charge in [-0.1, -0.05) is 23.7 Å². The summed E-state index contributed by atoms with van der Waals surface area (Å²) >= 11 is 5.81. The fourth-order valence-electron chi connectivity index (χ4n) is 2.01. The molecule has 3 rings (SSSR count). The molecule has 19 heavy (non-hydrogen) atoms. The Morgan fingerprint density at radius 3 is 2.32 bits per heavy atom. The number of halogens is 1. The molecule has 1 heterocycles. The SMILES string of the molecule is O=C(c1ccc(O)cc1)C1OC1c1ccc(Cl)cc1. The first-order chi connectivity index (χ1) is 9.15. The highest BCUT2D eigenvalue weighted by Gasteiger charge is 2.46. The van der Waals surface area contributed by atoms with Gasteiger partial charge in [0.15, 0.2) is 11.9 Å².